The smallest absolute Gasteiger partial charge is 0.460 e. The Balaban J connectivity index is 3.25. The molecule has 1 rings (SSSR count). The van der Waals surface area contributed by atoms with Crippen LogP contribution >= 0.6 is 0 Å². The number of anilines is 1. The topological polar surface area (TPSA) is 32.3 Å². The van der Waals surface area contributed by atoms with Crippen molar-refractivity contribution < 1.29 is 62.2 Å². The molecule has 0 aliphatic carbocycles. The lowest BCUT2D eigenvalue weighted by Crippen LogP contribution is -2.70. The lowest BCUT2D eigenvalue weighted by Gasteiger charge is -2.39. The molecule has 2 N–H and O–H groups in total. The number of halogens is 13. The molecule has 0 saturated heterocycles. The lowest BCUT2D eigenvalue weighted by atomic mass is 9.94. The maximum Gasteiger partial charge on any atom is 0.460 e. The van der Waals surface area contributed by atoms with Crippen molar-refractivity contribution in [2.24, 2.45) is 0 Å². The Morgan fingerprint density at radius 2 is 1.14 bits per heavy atom. The average molecular weight is 441 g/mol. The Hall–Kier alpha value is -2.09. The van der Waals surface area contributed by atoms with E-state index in [9.17, 15) is 57.1 Å². The summed E-state index contributed by atoms with van der Waals surface area (Å²) in [5, 5.41) is 10.4. The molecule has 0 amide bonds. The predicted octanol–water partition coefficient (Wildman–Crippen LogP) is 5.54. The molecule has 0 bridgehead atoms. The van der Waals surface area contributed by atoms with E-state index in [1.165, 1.54) is 5.32 Å². The third kappa shape index (κ3) is 3.62. The van der Waals surface area contributed by atoms with Crippen LogP contribution in [0.25, 0.3) is 0 Å². The molecule has 0 saturated carbocycles. The first-order chi connectivity index (χ1) is 12.2. The summed E-state index contributed by atoms with van der Waals surface area (Å²) in [6.45, 7) is -2.58. The first kappa shape index (κ1) is 23.9. The van der Waals surface area contributed by atoms with Gasteiger partial charge in [0.25, 0.3) is 0 Å². The highest BCUT2D eigenvalue weighted by Gasteiger charge is 2.90. The van der Waals surface area contributed by atoms with Gasteiger partial charge in [-0.1, -0.05) is 6.07 Å². The quantitative estimate of drug-likeness (QED) is 0.545. The summed E-state index contributed by atoms with van der Waals surface area (Å²) in [5.41, 5.74) is -0.605. The van der Waals surface area contributed by atoms with E-state index < -0.39 is 53.8 Å². The highest BCUT2D eigenvalue weighted by Crippen LogP contribution is 2.60. The van der Waals surface area contributed by atoms with Crippen LogP contribution < -0.4 is 5.32 Å². The van der Waals surface area contributed by atoms with Gasteiger partial charge in [0.05, 0.1) is 6.54 Å². The molecular formula is C13H8F13NO. The van der Waals surface area contributed by atoms with Gasteiger partial charge in [-0.2, -0.15) is 57.1 Å². The number of rotatable bonds is 7. The van der Waals surface area contributed by atoms with Crippen LogP contribution in [-0.4, -0.2) is 47.4 Å². The van der Waals surface area contributed by atoms with Crippen molar-refractivity contribution in [3.05, 3.63) is 24.3 Å². The second-order valence-corrected chi connectivity index (χ2v) is 5.40. The highest BCUT2D eigenvalue weighted by molar-refractivity contribution is 5.47. The summed E-state index contributed by atoms with van der Waals surface area (Å²) < 4.78 is 167. The molecular weight excluding hydrogens is 433 g/mol. The van der Waals surface area contributed by atoms with E-state index in [1.807, 2.05) is 0 Å². The maximum absolute atomic E-state index is 13.5. The van der Waals surface area contributed by atoms with E-state index in [4.69, 9.17) is 5.11 Å². The molecule has 0 atom stereocenters. The fourth-order valence-corrected chi connectivity index (χ4v) is 1.74. The molecule has 0 aliphatic heterocycles. The number of nitrogens with one attached hydrogen (secondary N) is 1. The third-order valence-corrected chi connectivity index (χ3v) is 3.36. The monoisotopic (exact) mass is 441 g/mol. The second kappa shape index (κ2) is 6.76. The highest BCUT2D eigenvalue weighted by atomic mass is 19.4. The number of alkyl halides is 13. The first-order valence-electron chi connectivity index (χ1n) is 6.71. The molecule has 1 aromatic rings. The molecule has 162 valence electrons. The summed E-state index contributed by atoms with van der Waals surface area (Å²) in [6, 6.07) is 3.36. The van der Waals surface area contributed by atoms with Gasteiger partial charge in [0.15, 0.2) is 0 Å². The minimum Gasteiger partial charge on any atom is -0.508 e. The van der Waals surface area contributed by atoms with E-state index >= 15 is 0 Å². The molecule has 0 radical (unpaired) electrons. The number of aromatic hydroxyl groups is 1. The molecule has 15 heteroatoms. The van der Waals surface area contributed by atoms with Crippen LogP contribution in [0.15, 0.2) is 24.3 Å². The average Bonchev–Trinajstić information content (AvgIpc) is 2.51. The van der Waals surface area contributed by atoms with E-state index in [0.29, 0.717) is 6.07 Å². The van der Waals surface area contributed by atoms with Gasteiger partial charge < -0.3 is 10.4 Å². The van der Waals surface area contributed by atoms with Gasteiger partial charge in [-0.25, -0.2) is 0 Å². The number of hydrogen-bond donors (Lipinski definition) is 2. The van der Waals surface area contributed by atoms with Crippen molar-refractivity contribution in [2.45, 2.75) is 35.8 Å². The Bertz CT molecular complexity index is 698. The number of phenolic OH excluding ortho intramolecular Hbond substituents is 1. The van der Waals surface area contributed by atoms with Crippen LogP contribution in [0.2, 0.25) is 0 Å². The Morgan fingerprint density at radius 3 is 1.57 bits per heavy atom. The Kier molecular flexibility index (Phi) is 5.78. The van der Waals surface area contributed by atoms with Crippen molar-refractivity contribution >= 4 is 5.69 Å². The van der Waals surface area contributed by atoms with Crippen LogP contribution in [0.1, 0.15) is 0 Å². The van der Waals surface area contributed by atoms with Crippen molar-refractivity contribution in [3.63, 3.8) is 0 Å². The maximum atomic E-state index is 13.5. The zero-order chi connectivity index (χ0) is 22.4. The van der Waals surface area contributed by atoms with Crippen LogP contribution in [0, 0.1) is 0 Å². The van der Waals surface area contributed by atoms with Gasteiger partial charge in [0, 0.05) is 11.8 Å². The third-order valence-electron chi connectivity index (χ3n) is 3.36. The molecule has 28 heavy (non-hydrogen) atoms. The number of hydrogen-bond acceptors (Lipinski definition) is 2. The zero-order valence-corrected chi connectivity index (χ0v) is 12.9. The van der Waals surface area contributed by atoms with E-state index in [2.05, 4.69) is 0 Å². The molecule has 0 aromatic heterocycles. The molecule has 0 aliphatic rings. The van der Waals surface area contributed by atoms with Crippen molar-refractivity contribution in [2.75, 3.05) is 11.9 Å². The first-order valence-corrected chi connectivity index (χ1v) is 6.71. The number of benzene rings is 1. The van der Waals surface area contributed by atoms with E-state index in [0.717, 1.165) is 18.2 Å². The number of phenols is 1. The minimum absolute atomic E-state index is 0.605. The van der Waals surface area contributed by atoms with Gasteiger partial charge >= 0.3 is 35.8 Å². The van der Waals surface area contributed by atoms with Crippen LogP contribution in [0.5, 0.6) is 5.75 Å². The van der Waals surface area contributed by atoms with Gasteiger partial charge in [0.1, 0.15) is 5.75 Å². The van der Waals surface area contributed by atoms with Crippen LogP contribution in [0.4, 0.5) is 62.8 Å². The molecule has 1 aromatic carbocycles. The van der Waals surface area contributed by atoms with Crippen LogP contribution in [-0.2, 0) is 0 Å². The fraction of sp³-hybridized carbons (Fsp3) is 0.538. The van der Waals surface area contributed by atoms with Crippen molar-refractivity contribution in [1.82, 2.24) is 0 Å². The lowest BCUT2D eigenvalue weighted by molar-refractivity contribution is -0.438. The molecule has 0 spiro atoms. The molecule has 2 nitrogen and oxygen atoms in total. The van der Waals surface area contributed by atoms with Gasteiger partial charge in [-0.15, -0.1) is 0 Å². The normalized spacial score (nSPS) is 14.9. The molecule has 0 fully saturated rings. The summed E-state index contributed by atoms with van der Waals surface area (Å²) >= 11 is 0. The van der Waals surface area contributed by atoms with E-state index in [-0.39, 0.29) is 0 Å². The summed E-state index contributed by atoms with van der Waals surface area (Å²) in [6.07, 6.45) is -7.44. The molecule has 0 unspecified atom stereocenters. The summed E-state index contributed by atoms with van der Waals surface area (Å²) in [7, 11) is 0. The van der Waals surface area contributed by atoms with Crippen molar-refractivity contribution in [3.8, 4) is 5.75 Å². The van der Waals surface area contributed by atoms with Crippen molar-refractivity contribution in [1.29, 1.82) is 0 Å². The SMILES string of the molecule is Oc1cccc(NCC(F)(F)C(F)(F)C(F)(F)C(F)(F)C(F)(F)C(F)(F)F)c1. The van der Waals surface area contributed by atoms with Gasteiger partial charge in [0.2, 0.25) is 0 Å². The largest absolute Gasteiger partial charge is 0.508 e. The zero-order valence-electron chi connectivity index (χ0n) is 12.9. The predicted molar refractivity (Wildman–Crippen MR) is 67.4 cm³/mol. The van der Waals surface area contributed by atoms with Gasteiger partial charge in [-0.3, -0.25) is 0 Å². The second-order valence-electron chi connectivity index (χ2n) is 5.40. The Morgan fingerprint density at radius 1 is 0.679 bits per heavy atom. The van der Waals surface area contributed by atoms with E-state index in [1.54, 1.807) is 0 Å². The minimum atomic E-state index is -7.92. The Labute approximate surface area is 146 Å². The fourth-order valence-electron chi connectivity index (χ4n) is 1.74. The van der Waals surface area contributed by atoms with Crippen LogP contribution in [0.3, 0.4) is 0 Å². The summed E-state index contributed by atoms with van der Waals surface area (Å²) in [4.78, 5) is 0. The standard InChI is InChI=1S/C13H8F13NO/c14-8(15,5-27-6-2-1-3-7(28)4-6)9(16,17)10(18,19)11(20,21)12(22,23)13(24,25)26/h1-4,27-28H,5H2. The summed E-state index contributed by atoms with van der Waals surface area (Å²) in [5.74, 6) is -37.7. The molecule has 0 heterocycles. The van der Waals surface area contributed by atoms with Gasteiger partial charge in [-0.05, 0) is 12.1 Å².